The van der Waals surface area contributed by atoms with Gasteiger partial charge in [0.1, 0.15) is 11.9 Å². The predicted molar refractivity (Wildman–Crippen MR) is 113 cm³/mol. The van der Waals surface area contributed by atoms with Crippen LogP contribution in [0.3, 0.4) is 0 Å². The molecule has 0 bridgehead atoms. The highest BCUT2D eigenvalue weighted by atomic mass is 32.2. The Balaban J connectivity index is 1.72. The zero-order valence-corrected chi connectivity index (χ0v) is 17.9. The zero-order valence-electron chi connectivity index (χ0n) is 16.3. The first-order valence-electron chi connectivity index (χ1n) is 9.14. The van der Waals surface area contributed by atoms with Crippen LogP contribution in [-0.2, 0) is 10.0 Å². The number of aryl methyl sites for hydroxylation is 1. The number of hydrogen-bond acceptors (Lipinski definition) is 5. The number of guanidine groups is 1. The Bertz CT molecular complexity index is 719. The minimum atomic E-state index is -3.21. The summed E-state index contributed by atoms with van der Waals surface area (Å²) in [7, 11) is -1.55. The van der Waals surface area contributed by atoms with Crippen molar-refractivity contribution in [2.45, 2.75) is 20.0 Å². The Labute approximate surface area is 167 Å². The Morgan fingerprint density at radius 2 is 2.07 bits per heavy atom. The number of nitrogens with one attached hydrogen (secondary N) is 2. The molecule has 0 spiro atoms. The van der Waals surface area contributed by atoms with Crippen molar-refractivity contribution in [2.24, 2.45) is 4.99 Å². The molecule has 0 aromatic heterocycles. The average Bonchev–Trinajstić information content (AvgIpc) is 2.65. The Hall–Kier alpha value is -1.45. The average molecular weight is 415 g/mol. The third-order valence-corrected chi connectivity index (χ3v) is 6.94. The number of ether oxygens (including phenoxy) is 1. The normalized spacial score (nSPS) is 17.4. The van der Waals surface area contributed by atoms with E-state index in [4.69, 9.17) is 4.74 Å². The minimum Gasteiger partial charge on any atom is -0.489 e. The fourth-order valence-corrected chi connectivity index (χ4v) is 5.17. The molecule has 0 radical (unpaired) electrons. The van der Waals surface area contributed by atoms with Crippen LogP contribution in [0.4, 0.5) is 0 Å². The van der Waals surface area contributed by atoms with Crippen LogP contribution in [0.1, 0.15) is 12.5 Å². The molecule has 1 aromatic carbocycles. The van der Waals surface area contributed by atoms with Crippen LogP contribution in [0.2, 0.25) is 0 Å². The molecule has 1 aromatic rings. The van der Waals surface area contributed by atoms with Gasteiger partial charge in [-0.3, -0.25) is 4.99 Å². The Morgan fingerprint density at radius 1 is 1.33 bits per heavy atom. The largest absolute Gasteiger partial charge is 0.489 e. The number of rotatable bonds is 8. The first-order valence-corrected chi connectivity index (χ1v) is 11.9. The summed E-state index contributed by atoms with van der Waals surface area (Å²) < 4.78 is 32.2. The standard InChI is InChI=1S/C18H30N4O3S2/c1-15-5-4-6-17(13-15)25-16(2)14-21-18(19-3)20-7-12-27(23,24)22-8-10-26-11-9-22/h4-6,13,16H,7-12,14H2,1-3H3,(H2,19,20,21). The van der Waals surface area contributed by atoms with Gasteiger partial charge in [-0.2, -0.15) is 11.8 Å². The minimum absolute atomic E-state index is 0.0556. The summed E-state index contributed by atoms with van der Waals surface area (Å²) in [6.45, 7) is 6.09. The molecule has 1 unspecified atom stereocenters. The van der Waals surface area contributed by atoms with Gasteiger partial charge in [-0.15, -0.1) is 0 Å². The topological polar surface area (TPSA) is 83.0 Å². The van der Waals surface area contributed by atoms with Gasteiger partial charge in [0.15, 0.2) is 5.96 Å². The molecule has 1 atom stereocenters. The Morgan fingerprint density at radius 3 is 2.74 bits per heavy atom. The van der Waals surface area contributed by atoms with Gasteiger partial charge in [-0.25, -0.2) is 12.7 Å². The second-order valence-electron chi connectivity index (χ2n) is 6.45. The second-order valence-corrected chi connectivity index (χ2v) is 9.77. The summed E-state index contributed by atoms with van der Waals surface area (Å²) >= 11 is 1.79. The lowest BCUT2D eigenvalue weighted by Crippen LogP contribution is -2.45. The molecule has 1 aliphatic heterocycles. The van der Waals surface area contributed by atoms with Gasteiger partial charge in [0.25, 0.3) is 0 Å². The maximum atomic E-state index is 12.3. The fraction of sp³-hybridized carbons (Fsp3) is 0.611. The third kappa shape index (κ3) is 7.59. The number of aliphatic imine (C=N–C) groups is 1. The van der Waals surface area contributed by atoms with E-state index < -0.39 is 10.0 Å². The summed E-state index contributed by atoms with van der Waals surface area (Å²) in [5.41, 5.74) is 1.15. The molecule has 1 fully saturated rings. The molecule has 0 amide bonds. The van der Waals surface area contributed by atoms with E-state index in [1.807, 2.05) is 38.1 Å². The van der Waals surface area contributed by atoms with Gasteiger partial charge in [0.05, 0.1) is 12.3 Å². The molecule has 9 heteroatoms. The van der Waals surface area contributed by atoms with E-state index >= 15 is 0 Å². The molecule has 2 N–H and O–H groups in total. The molecule has 152 valence electrons. The predicted octanol–water partition coefficient (Wildman–Crippen LogP) is 1.31. The van der Waals surface area contributed by atoms with Crippen molar-refractivity contribution in [3.05, 3.63) is 29.8 Å². The lowest BCUT2D eigenvalue weighted by atomic mass is 10.2. The quantitative estimate of drug-likeness (QED) is 0.493. The van der Waals surface area contributed by atoms with Crippen molar-refractivity contribution in [1.29, 1.82) is 0 Å². The van der Waals surface area contributed by atoms with Crippen LogP contribution in [0, 0.1) is 6.92 Å². The van der Waals surface area contributed by atoms with Crippen LogP contribution in [0.15, 0.2) is 29.3 Å². The van der Waals surface area contributed by atoms with Crippen LogP contribution < -0.4 is 15.4 Å². The van der Waals surface area contributed by atoms with Crippen molar-refractivity contribution in [2.75, 3.05) is 50.5 Å². The summed E-state index contributed by atoms with van der Waals surface area (Å²) in [6, 6.07) is 7.92. The first-order chi connectivity index (χ1) is 12.9. The SMILES string of the molecule is CN=C(NCCS(=O)(=O)N1CCSCC1)NCC(C)Oc1cccc(C)c1. The maximum absolute atomic E-state index is 12.3. The summed E-state index contributed by atoms with van der Waals surface area (Å²) in [5.74, 6) is 3.20. The van der Waals surface area contributed by atoms with E-state index in [0.29, 0.717) is 32.1 Å². The third-order valence-electron chi connectivity index (χ3n) is 4.12. The summed E-state index contributed by atoms with van der Waals surface area (Å²) in [4.78, 5) is 4.14. The molecule has 0 saturated carbocycles. The van der Waals surface area contributed by atoms with Crippen LogP contribution in [-0.4, -0.2) is 75.3 Å². The molecule has 0 aliphatic carbocycles. The van der Waals surface area contributed by atoms with E-state index in [2.05, 4.69) is 15.6 Å². The number of hydrogen-bond donors (Lipinski definition) is 2. The zero-order chi connectivity index (χ0) is 19.7. The van der Waals surface area contributed by atoms with E-state index in [0.717, 1.165) is 22.8 Å². The molecular formula is C18H30N4O3S2. The highest BCUT2D eigenvalue weighted by molar-refractivity contribution is 7.99. The maximum Gasteiger partial charge on any atom is 0.215 e. The van der Waals surface area contributed by atoms with Crippen molar-refractivity contribution in [3.63, 3.8) is 0 Å². The second kappa shape index (κ2) is 10.8. The number of sulfonamides is 1. The highest BCUT2D eigenvalue weighted by Gasteiger charge is 2.23. The first kappa shape index (κ1) is 21.8. The van der Waals surface area contributed by atoms with Gasteiger partial charge < -0.3 is 15.4 Å². The van der Waals surface area contributed by atoms with E-state index in [1.165, 1.54) is 0 Å². The molecule has 2 rings (SSSR count). The van der Waals surface area contributed by atoms with Gasteiger partial charge in [-0.05, 0) is 31.5 Å². The molecule has 27 heavy (non-hydrogen) atoms. The molecule has 1 aliphatic rings. The lowest BCUT2D eigenvalue weighted by molar-refractivity contribution is 0.223. The van der Waals surface area contributed by atoms with Crippen LogP contribution in [0.25, 0.3) is 0 Å². The van der Waals surface area contributed by atoms with E-state index in [9.17, 15) is 8.42 Å². The van der Waals surface area contributed by atoms with E-state index in [1.54, 1.807) is 23.1 Å². The summed E-state index contributed by atoms with van der Waals surface area (Å²) in [6.07, 6.45) is -0.0556. The van der Waals surface area contributed by atoms with Crippen LogP contribution in [0.5, 0.6) is 5.75 Å². The van der Waals surface area contributed by atoms with Crippen molar-refractivity contribution in [3.8, 4) is 5.75 Å². The van der Waals surface area contributed by atoms with Crippen LogP contribution >= 0.6 is 11.8 Å². The summed E-state index contributed by atoms with van der Waals surface area (Å²) in [5, 5.41) is 6.24. The van der Waals surface area contributed by atoms with Crippen molar-refractivity contribution in [1.82, 2.24) is 14.9 Å². The number of benzene rings is 1. The smallest absolute Gasteiger partial charge is 0.215 e. The molecule has 1 saturated heterocycles. The number of nitrogens with zero attached hydrogens (tertiary/aromatic N) is 2. The van der Waals surface area contributed by atoms with Gasteiger partial charge in [0, 0.05) is 38.2 Å². The molecular weight excluding hydrogens is 384 g/mol. The van der Waals surface area contributed by atoms with E-state index in [-0.39, 0.29) is 11.9 Å². The van der Waals surface area contributed by atoms with Gasteiger partial charge in [-0.1, -0.05) is 12.1 Å². The monoisotopic (exact) mass is 414 g/mol. The van der Waals surface area contributed by atoms with Crippen molar-refractivity contribution < 1.29 is 13.2 Å². The van der Waals surface area contributed by atoms with Gasteiger partial charge >= 0.3 is 0 Å². The highest BCUT2D eigenvalue weighted by Crippen LogP contribution is 2.14. The number of thioether (sulfide) groups is 1. The van der Waals surface area contributed by atoms with Gasteiger partial charge in [0.2, 0.25) is 10.0 Å². The Kier molecular flexibility index (Phi) is 8.72. The lowest BCUT2D eigenvalue weighted by Gasteiger charge is -2.25. The molecule has 1 heterocycles. The fourth-order valence-electron chi connectivity index (χ4n) is 2.68. The van der Waals surface area contributed by atoms with Crippen molar-refractivity contribution >= 4 is 27.7 Å². The molecule has 7 nitrogen and oxygen atoms in total.